The van der Waals surface area contributed by atoms with E-state index in [1.807, 2.05) is 14.0 Å². The number of allylic oxidation sites excluding steroid dienone is 2. The van der Waals surface area contributed by atoms with E-state index in [0.717, 1.165) is 30.1 Å². The van der Waals surface area contributed by atoms with Crippen LogP contribution < -0.4 is 0 Å². The van der Waals surface area contributed by atoms with E-state index in [1.165, 1.54) is 77.0 Å². The number of hydrogen-bond acceptors (Lipinski definition) is 1. The van der Waals surface area contributed by atoms with Crippen molar-refractivity contribution >= 4 is 0 Å². The van der Waals surface area contributed by atoms with Crippen LogP contribution in [-0.4, -0.2) is 19.4 Å². The summed E-state index contributed by atoms with van der Waals surface area (Å²) in [5.41, 5.74) is 0.582. The molecule has 3 aliphatic rings. The van der Waals surface area contributed by atoms with E-state index in [4.69, 9.17) is 4.74 Å². The monoisotopic (exact) mass is 406 g/mol. The molecule has 0 bridgehead atoms. The van der Waals surface area contributed by atoms with Gasteiger partial charge in [-0.1, -0.05) is 26.0 Å². The van der Waals surface area contributed by atoms with Crippen LogP contribution in [0, 0.1) is 29.1 Å². The third kappa shape index (κ3) is 6.55. The maximum Gasteiger partial charge on any atom is 0.100 e. The summed E-state index contributed by atoms with van der Waals surface area (Å²) < 4.78 is 18.9. The van der Waals surface area contributed by atoms with Gasteiger partial charge >= 0.3 is 0 Å². The molecule has 1 atom stereocenters. The molecule has 0 aromatic rings. The molecule has 3 rings (SSSR count). The van der Waals surface area contributed by atoms with Crippen molar-refractivity contribution in [2.24, 2.45) is 29.1 Å². The minimum Gasteiger partial charge on any atom is -0.381 e. The van der Waals surface area contributed by atoms with Gasteiger partial charge in [-0.25, -0.2) is 4.39 Å². The Kier molecular flexibility index (Phi) is 9.08. The predicted molar refractivity (Wildman–Crippen MR) is 122 cm³/mol. The number of rotatable bonds is 8. The van der Waals surface area contributed by atoms with Crippen LogP contribution in [0.15, 0.2) is 12.2 Å². The average molecular weight is 407 g/mol. The molecule has 0 aromatic heterocycles. The number of methoxy groups -OCH3 is 1. The van der Waals surface area contributed by atoms with Crippen LogP contribution in [-0.2, 0) is 4.74 Å². The van der Waals surface area contributed by atoms with Crippen LogP contribution in [0.4, 0.5) is 4.39 Å². The van der Waals surface area contributed by atoms with Crippen LogP contribution in [0.3, 0.4) is 0 Å². The summed E-state index contributed by atoms with van der Waals surface area (Å²) in [5.74, 6) is 3.69. The topological polar surface area (TPSA) is 9.23 Å². The van der Waals surface area contributed by atoms with Crippen molar-refractivity contribution in [2.75, 3.05) is 7.11 Å². The normalized spacial score (nSPS) is 40.2. The number of ether oxygens (including phenoxy) is 1. The lowest BCUT2D eigenvalue weighted by Crippen LogP contribution is -2.37. The van der Waals surface area contributed by atoms with Gasteiger partial charge in [0.25, 0.3) is 0 Å². The maximum atomic E-state index is 13.3. The molecule has 1 nitrogen and oxygen atoms in total. The van der Waals surface area contributed by atoms with Crippen molar-refractivity contribution < 1.29 is 9.13 Å². The summed E-state index contributed by atoms with van der Waals surface area (Å²) in [4.78, 5) is 0. The molecule has 3 fully saturated rings. The van der Waals surface area contributed by atoms with Gasteiger partial charge in [0.15, 0.2) is 0 Å². The van der Waals surface area contributed by atoms with Crippen molar-refractivity contribution in [2.45, 2.75) is 122 Å². The molecule has 0 heterocycles. The molecule has 0 N–H and O–H groups in total. The third-order valence-corrected chi connectivity index (χ3v) is 9.15. The Balaban J connectivity index is 1.35. The summed E-state index contributed by atoms with van der Waals surface area (Å²) in [6.07, 6.45) is 23.7. The maximum absolute atomic E-state index is 13.3. The lowest BCUT2D eigenvalue weighted by Gasteiger charge is -2.47. The van der Waals surface area contributed by atoms with E-state index in [-0.39, 0.29) is 0 Å². The van der Waals surface area contributed by atoms with Crippen molar-refractivity contribution in [1.29, 1.82) is 0 Å². The minimum absolute atomic E-state index is 0.522. The van der Waals surface area contributed by atoms with Crippen molar-refractivity contribution in [3.63, 3.8) is 0 Å². The second-order valence-electron chi connectivity index (χ2n) is 10.9. The van der Waals surface area contributed by atoms with Crippen LogP contribution >= 0.6 is 0 Å². The van der Waals surface area contributed by atoms with E-state index in [9.17, 15) is 4.39 Å². The highest BCUT2D eigenvalue weighted by atomic mass is 19.1. The second kappa shape index (κ2) is 11.3. The zero-order chi connectivity index (χ0) is 20.7. The van der Waals surface area contributed by atoms with Crippen molar-refractivity contribution in [3.8, 4) is 0 Å². The fourth-order valence-electron chi connectivity index (χ4n) is 6.76. The fourth-order valence-corrected chi connectivity index (χ4v) is 6.76. The summed E-state index contributed by atoms with van der Waals surface area (Å²) in [6.45, 7) is 4.52. The zero-order valence-electron chi connectivity index (χ0n) is 19.5. The molecule has 2 heteroatoms. The minimum atomic E-state index is -0.609. The van der Waals surface area contributed by atoms with E-state index < -0.39 is 6.17 Å². The number of halogens is 1. The Labute approximate surface area is 180 Å². The third-order valence-electron chi connectivity index (χ3n) is 9.15. The Morgan fingerprint density at radius 3 is 2.07 bits per heavy atom. The van der Waals surface area contributed by atoms with E-state index in [2.05, 4.69) is 19.1 Å². The van der Waals surface area contributed by atoms with Gasteiger partial charge in [0, 0.05) is 7.11 Å². The van der Waals surface area contributed by atoms with Gasteiger partial charge in [-0.05, 0) is 125 Å². The number of hydrogen-bond donors (Lipinski definition) is 0. The molecular weight excluding hydrogens is 359 g/mol. The Hall–Kier alpha value is -0.370. The molecule has 3 saturated carbocycles. The van der Waals surface area contributed by atoms with Crippen molar-refractivity contribution in [3.05, 3.63) is 12.2 Å². The molecule has 1 unspecified atom stereocenters. The van der Waals surface area contributed by atoms with Crippen LogP contribution in [0.1, 0.15) is 110 Å². The first-order chi connectivity index (χ1) is 14.0. The molecule has 0 amide bonds. The molecule has 0 radical (unpaired) electrons. The molecule has 0 saturated heterocycles. The van der Waals surface area contributed by atoms with Crippen LogP contribution in [0.2, 0.25) is 0 Å². The zero-order valence-corrected chi connectivity index (χ0v) is 19.5. The summed E-state index contributed by atoms with van der Waals surface area (Å²) in [6, 6.07) is 0. The quantitative estimate of drug-likeness (QED) is 0.368. The largest absolute Gasteiger partial charge is 0.381 e. The van der Waals surface area contributed by atoms with Crippen molar-refractivity contribution in [1.82, 2.24) is 0 Å². The van der Waals surface area contributed by atoms with E-state index in [1.54, 1.807) is 0 Å². The Morgan fingerprint density at radius 1 is 0.931 bits per heavy atom. The Morgan fingerprint density at radius 2 is 1.52 bits per heavy atom. The molecule has 0 aromatic carbocycles. The van der Waals surface area contributed by atoms with Gasteiger partial charge in [-0.3, -0.25) is 0 Å². The highest BCUT2D eigenvalue weighted by Crippen LogP contribution is 2.51. The lowest BCUT2D eigenvalue weighted by atomic mass is 9.59. The lowest BCUT2D eigenvalue weighted by molar-refractivity contribution is -0.00722. The first kappa shape index (κ1) is 23.3. The number of alkyl halides is 1. The van der Waals surface area contributed by atoms with Gasteiger partial charge in [0.1, 0.15) is 6.17 Å². The highest BCUT2D eigenvalue weighted by Gasteiger charge is 2.40. The van der Waals surface area contributed by atoms with Gasteiger partial charge in [0.05, 0.1) is 6.10 Å². The summed E-state index contributed by atoms with van der Waals surface area (Å²) in [7, 11) is 1.88. The average Bonchev–Trinajstić information content (AvgIpc) is 2.77. The molecular formula is C27H47FO. The van der Waals surface area contributed by atoms with Gasteiger partial charge in [-0.15, -0.1) is 0 Å². The standard InChI is InChI=1S/C27H47FO/c1-4-25(28)8-6-5-7-21-9-11-22(12-10-21)23-13-15-24(16-14-23)27(2)19-17-26(29-3)18-20-27/h5,7,21-26H,4,6,8-20H2,1-3H3/b7-5+. The van der Waals surface area contributed by atoms with Gasteiger partial charge in [0.2, 0.25) is 0 Å². The molecule has 29 heavy (non-hydrogen) atoms. The second-order valence-corrected chi connectivity index (χ2v) is 10.9. The van der Waals surface area contributed by atoms with E-state index in [0.29, 0.717) is 24.4 Å². The molecule has 3 aliphatic carbocycles. The molecule has 0 spiro atoms. The Bertz CT molecular complexity index is 477. The predicted octanol–water partition coefficient (Wildman–Crippen LogP) is 8.28. The van der Waals surface area contributed by atoms with Gasteiger partial charge in [-0.2, -0.15) is 0 Å². The summed E-state index contributed by atoms with van der Waals surface area (Å²) >= 11 is 0. The van der Waals surface area contributed by atoms with Gasteiger partial charge < -0.3 is 4.74 Å². The molecule has 0 aliphatic heterocycles. The van der Waals surface area contributed by atoms with Crippen LogP contribution in [0.25, 0.3) is 0 Å². The van der Waals surface area contributed by atoms with Crippen LogP contribution in [0.5, 0.6) is 0 Å². The van der Waals surface area contributed by atoms with E-state index >= 15 is 0 Å². The first-order valence-corrected chi connectivity index (χ1v) is 12.9. The smallest absolute Gasteiger partial charge is 0.100 e. The summed E-state index contributed by atoms with van der Waals surface area (Å²) in [5, 5.41) is 0. The SMILES string of the molecule is CCC(F)CC/C=C/C1CCC(C2CCC(C3(C)CCC(OC)CC3)CC2)CC1. The molecule has 168 valence electrons. The first-order valence-electron chi connectivity index (χ1n) is 12.9. The fraction of sp³-hybridized carbons (Fsp3) is 0.926. The highest BCUT2D eigenvalue weighted by molar-refractivity contribution is 4.94.